The Morgan fingerprint density at radius 3 is 2.23 bits per heavy atom. The first-order valence-corrected chi connectivity index (χ1v) is 10.9. The summed E-state index contributed by atoms with van der Waals surface area (Å²) in [7, 11) is 0. The molecule has 2 rings (SSSR count). The molecule has 1 aliphatic heterocycles. The molecule has 1 aromatic carbocycles. The van der Waals surface area contributed by atoms with Gasteiger partial charge in [-0.2, -0.15) is 15.8 Å². The second-order valence-electron chi connectivity index (χ2n) is 7.73. The predicted molar refractivity (Wildman–Crippen MR) is 121 cm³/mol. The normalized spacial score (nSPS) is 13.8. The Labute approximate surface area is 185 Å². The number of nitriles is 3. The van der Waals surface area contributed by atoms with Crippen molar-refractivity contribution in [3.8, 4) is 18.2 Å². The Balaban J connectivity index is 2.38. The molecule has 0 spiro atoms. The lowest BCUT2D eigenvalue weighted by molar-refractivity contribution is -0.114. The molecule has 1 aliphatic rings. The standard InChI is InChI=1S/C25H29N5O/c1-4-6-8-9-18(3)30(14-7-5-2)21-12-10-19(11-13-21)23-22(17-28)24(29-25(23)31)20(15-26)16-27/h10-13,18H,4-9,14H2,1-3H3,(H,29,31). The number of hydrogen-bond acceptors (Lipinski definition) is 5. The lowest BCUT2D eigenvalue weighted by Crippen LogP contribution is -2.34. The van der Waals surface area contributed by atoms with Gasteiger partial charge in [-0.3, -0.25) is 4.79 Å². The van der Waals surface area contributed by atoms with E-state index < -0.39 is 5.91 Å². The molecule has 0 saturated carbocycles. The zero-order valence-corrected chi connectivity index (χ0v) is 18.5. The van der Waals surface area contributed by atoms with Gasteiger partial charge in [0.2, 0.25) is 0 Å². The molecule has 160 valence electrons. The number of rotatable bonds is 10. The third-order valence-electron chi connectivity index (χ3n) is 5.55. The van der Waals surface area contributed by atoms with Crippen LogP contribution in [-0.4, -0.2) is 18.5 Å². The van der Waals surface area contributed by atoms with Gasteiger partial charge in [0.05, 0.1) is 16.8 Å². The maximum Gasteiger partial charge on any atom is 0.257 e. The van der Waals surface area contributed by atoms with Crippen molar-refractivity contribution in [2.45, 2.75) is 65.3 Å². The summed E-state index contributed by atoms with van der Waals surface area (Å²) >= 11 is 0. The zero-order chi connectivity index (χ0) is 22.8. The highest BCUT2D eigenvalue weighted by molar-refractivity contribution is 6.26. The van der Waals surface area contributed by atoms with E-state index in [2.05, 4.69) is 31.0 Å². The fourth-order valence-corrected chi connectivity index (χ4v) is 3.79. The van der Waals surface area contributed by atoms with Crippen molar-refractivity contribution in [1.29, 1.82) is 15.8 Å². The summed E-state index contributed by atoms with van der Waals surface area (Å²) in [5.41, 5.74) is 1.63. The molecule has 6 nitrogen and oxygen atoms in total. The van der Waals surface area contributed by atoms with E-state index in [1.165, 1.54) is 19.3 Å². The van der Waals surface area contributed by atoms with Gasteiger partial charge in [-0.1, -0.05) is 51.7 Å². The van der Waals surface area contributed by atoms with Gasteiger partial charge in [0.25, 0.3) is 5.91 Å². The van der Waals surface area contributed by atoms with E-state index in [0.29, 0.717) is 11.6 Å². The highest BCUT2D eigenvalue weighted by Gasteiger charge is 2.31. The number of allylic oxidation sites excluding steroid dienone is 2. The molecule has 1 atom stereocenters. The molecule has 1 N–H and O–H groups in total. The molecule has 6 heteroatoms. The SMILES string of the molecule is CCCCCC(C)N(CCCC)c1ccc(C2=C(C#N)C(=C(C#N)C#N)NC2=O)cc1. The van der Waals surface area contributed by atoms with Crippen molar-refractivity contribution in [2.75, 3.05) is 11.4 Å². The van der Waals surface area contributed by atoms with E-state index in [1.54, 1.807) is 12.1 Å². The Bertz CT molecular complexity index is 967. The van der Waals surface area contributed by atoms with Crippen molar-refractivity contribution < 1.29 is 4.79 Å². The highest BCUT2D eigenvalue weighted by atomic mass is 16.2. The van der Waals surface area contributed by atoms with E-state index >= 15 is 0 Å². The van der Waals surface area contributed by atoms with Crippen LogP contribution >= 0.6 is 0 Å². The molecule has 31 heavy (non-hydrogen) atoms. The molecular formula is C25H29N5O. The third-order valence-corrected chi connectivity index (χ3v) is 5.55. The van der Waals surface area contributed by atoms with Crippen LogP contribution in [0, 0.1) is 34.0 Å². The number of anilines is 1. The average Bonchev–Trinajstić information content (AvgIpc) is 3.11. The van der Waals surface area contributed by atoms with Gasteiger partial charge >= 0.3 is 0 Å². The second-order valence-corrected chi connectivity index (χ2v) is 7.73. The monoisotopic (exact) mass is 415 g/mol. The second kappa shape index (κ2) is 11.6. The van der Waals surface area contributed by atoms with Crippen LogP contribution in [0.15, 0.2) is 41.1 Å². The van der Waals surface area contributed by atoms with Gasteiger partial charge in [-0.05, 0) is 37.5 Å². The highest BCUT2D eigenvalue weighted by Crippen LogP contribution is 2.32. The van der Waals surface area contributed by atoms with Crippen LogP contribution in [-0.2, 0) is 4.79 Å². The number of unbranched alkanes of at least 4 members (excludes halogenated alkanes) is 3. The van der Waals surface area contributed by atoms with Crippen LogP contribution in [0.1, 0.15) is 64.9 Å². The van der Waals surface area contributed by atoms with E-state index in [1.807, 2.05) is 30.3 Å². The van der Waals surface area contributed by atoms with Gasteiger partial charge in [-0.15, -0.1) is 0 Å². The van der Waals surface area contributed by atoms with Crippen LogP contribution in [0.25, 0.3) is 5.57 Å². The molecule has 0 saturated heterocycles. The Kier molecular flexibility index (Phi) is 8.86. The van der Waals surface area contributed by atoms with Gasteiger partial charge in [0.1, 0.15) is 18.2 Å². The maximum atomic E-state index is 12.5. The van der Waals surface area contributed by atoms with Crippen molar-refractivity contribution in [2.24, 2.45) is 0 Å². The number of carbonyl (C=O) groups is 1. The molecule has 1 unspecified atom stereocenters. The summed E-state index contributed by atoms with van der Waals surface area (Å²) in [6, 6.07) is 13.5. The lowest BCUT2D eigenvalue weighted by atomic mass is 9.99. The first kappa shape index (κ1) is 23.7. The molecule has 0 aromatic heterocycles. The van der Waals surface area contributed by atoms with Crippen LogP contribution < -0.4 is 10.2 Å². The largest absolute Gasteiger partial charge is 0.369 e. The number of nitrogens with one attached hydrogen (secondary N) is 1. The average molecular weight is 416 g/mol. The number of benzene rings is 1. The topological polar surface area (TPSA) is 104 Å². The van der Waals surface area contributed by atoms with Gasteiger partial charge in [0, 0.05) is 18.3 Å². The maximum absolute atomic E-state index is 12.5. The Morgan fingerprint density at radius 2 is 1.68 bits per heavy atom. The number of amides is 1. The zero-order valence-electron chi connectivity index (χ0n) is 18.5. The smallest absolute Gasteiger partial charge is 0.257 e. The van der Waals surface area contributed by atoms with Crippen LogP contribution in [0.2, 0.25) is 0 Å². The molecule has 0 fully saturated rings. The first-order chi connectivity index (χ1) is 15.0. The lowest BCUT2D eigenvalue weighted by Gasteiger charge is -2.32. The number of carbonyl (C=O) groups excluding carboxylic acids is 1. The van der Waals surface area contributed by atoms with Crippen LogP contribution in [0.5, 0.6) is 0 Å². The van der Waals surface area contributed by atoms with Gasteiger partial charge in [0.15, 0.2) is 5.57 Å². The van der Waals surface area contributed by atoms with Crippen molar-refractivity contribution in [1.82, 2.24) is 5.32 Å². The minimum Gasteiger partial charge on any atom is -0.369 e. The Hall–Kier alpha value is -3.56. The van der Waals surface area contributed by atoms with E-state index in [4.69, 9.17) is 10.5 Å². The first-order valence-electron chi connectivity index (χ1n) is 10.9. The minimum atomic E-state index is -0.474. The Morgan fingerprint density at radius 1 is 1.03 bits per heavy atom. The van der Waals surface area contributed by atoms with Gasteiger partial charge in [-0.25, -0.2) is 0 Å². The van der Waals surface area contributed by atoms with E-state index in [0.717, 1.165) is 31.5 Å². The van der Waals surface area contributed by atoms with Gasteiger partial charge < -0.3 is 10.2 Å². The number of hydrogen-bond donors (Lipinski definition) is 1. The molecule has 1 amide bonds. The van der Waals surface area contributed by atoms with Crippen molar-refractivity contribution in [3.63, 3.8) is 0 Å². The molecule has 1 aromatic rings. The molecule has 0 radical (unpaired) electrons. The molecule has 0 bridgehead atoms. The fourth-order valence-electron chi connectivity index (χ4n) is 3.79. The number of nitrogens with zero attached hydrogens (tertiary/aromatic N) is 4. The minimum absolute atomic E-state index is 0.00862. The molecule has 1 heterocycles. The summed E-state index contributed by atoms with van der Waals surface area (Å²) in [5, 5.41) is 30.3. The van der Waals surface area contributed by atoms with E-state index in [9.17, 15) is 10.1 Å². The quantitative estimate of drug-likeness (QED) is 0.429. The van der Waals surface area contributed by atoms with E-state index in [-0.39, 0.29) is 22.4 Å². The van der Waals surface area contributed by atoms with Crippen molar-refractivity contribution in [3.05, 3.63) is 46.7 Å². The van der Waals surface area contributed by atoms with Crippen LogP contribution in [0.3, 0.4) is 0 Å². The summed E-state index contributed by atoms with van der Waals surface area (Å²) < 4.78 is 0. The summed E-state index contributed by atoms with van der Waals surface area (Å²) in [6.07, 6.45) is 6.98. The predicted octanol–water partition coefficient (Wildman–Crippen LogP) is 4.97. The summed E-state index contributed by atoms with van der Waals surface area (Å²) in [6.45, 7) is 7.61. The van der Waals surface area contributed by atoms with Crippen molar-refractivity contribution >= 4 is 17.2 Å². The fraction of sp³-hybridized carbons (Fsp3) is 0.440. The summed E-state index contributed by atoms with van der Waals surface area (Å²) in [5.74, 6) is -0.474. The van der Waals surface area contributed by atoms with Crippen LogP contribution in [0.4, 0.5) is 5.69 Å². The third kappa shape index (κ3) is 5.53. The molecule has 0 aliphatic carbocycles. The molecular weight excluding hydrogens is 386 g/mol. The summed E-state index contributed by atoms with van der Waals surface area (Å²) in [4.78, 5) is 14.9.